The molecule has 14 heteroatoms. The van der Waals surface area contributed by atoms with Crippen LogP contribution in [0.5, 0.6) is 0 Å². The van der Waals surface area contributed by atoms with Gasteiger partial charge >= 0.3 is 5.97 Å². The second-order valence-electron chi connectivity index (χ2n) is 7.87. The summed E-state index contributed by atoms with van der Waals surface area (Å²) in [6.07, 6.45) is 0.909. The summed E-state index contributed by atoms with van der Waals surface area (Å²) in [5.74, 6) is -2.91. The van der Waals surface area contributed by atoms with Crippen molar-refractivity contribution in [3.8, 4) is 0 Å². The number of carbonyl (C=O) groups is 3. The van der Waals surface area contributed by atoms with E-state index < -0.39 is 40.7 Å². The van der Waals surface area contributed by atoms with E-state index in [4.69, 9.17) is 28.0 Å². The molecule has 0 fully saturated rings. The van der Waals surface area contributed by atoms with E-state index in [2.05, 4.69) is 37.2 Å². The van der Waals surface area contributed by atoms with Crippen molar-refractivity contribution in [2.24, 2.45) is 17.2 Å². The lowest BCUT2D eigenvalue weighted by Gasteiger charge is -2.24. The Morgan fingerprint density at radius 3 is 2.14 bits per heavy atom. The zero-order valence-electron chi connectivity index (χ0n) is 19.2. The van der Waals surface area contributed by atoms with Crippen molar-refractivity contribution in [3.05, 3.63) is 35.9 Å². The molecule has 0 bridgehead atoms. The van der Waals surface area contributed by atoms with E-state index in [1.165, 1.54) is 0 Å². The number of guanidine groups is 2. The van der Waals surface area contributed by atoms with Crippen molar-refractivity contribution in [1.82, 2.24) is 21.3 Å². The molecule has 0 aliphatic heterocycles. The van der Waals surface area contributed by atoms with Crippen LogP contribution in [-0.4, -0.2) is 70.9 Å². The van der Waals surface area contributed by atoms with Gasteiger partial charge in [0.2, 0.25) is 11.8 Å². The average Bonchev–Trinajstić information content (AvgIpc) is 2.79. The monoisotopic (exact) mass is 555 g/mol. The lowest BCUT2D eigenvalue weighted by atomic mass is 10.0. The van der Waals surface area contributed by atoms with Gasteiger partial charge in [-0.15, -0.1) is 0 Å². The SMILES string of the molecule is N=C(N)NCCC[C@H](N)C(=O)N[C@H](Cc1ccccc1)C(=O)N[C@@H](CC(Br)CNC(=N)N)C(=O)O. The van der Waals surface area contributed by atoms with E-state index in [0.29, 0.717) is 13.0 Å². The van der Waals surface area contributed by atoms with Crippen LogP contribution in [0.3, 0.4) is 0 Å². The Balaban J connectivity index is 2.86. The summed E-state index contributed by atoms with van der Waals surface area (Å²) in [7, 11) is 0. The van der Waals surface area contributed by atoms with Gasteiger partial charge in [-0.05, 0) is 24.8 Å². The standard InChI is InChI=1S/C21H34BrN9O4/c22-13(11-29-21(26)27)10-16(19(34)35)31-18(33)15(9-12-5-2-1-3-6-12)30-17(32)14(23)7-4-8-28-20(24)25/h1-3,5-6,13-16H,4,7-11,23H2,(H,30,32)(H,31,33)(H,34,35)(H4,24,25,28)(H4,26,27,29)/t13?,14-,15+,16-/m0/s1. The highest BCUT2D eigenvalue weighted by Gasteiger charge is 2.29. The minimum Gasteiger partial charge on any atom is -0.480 e. The molecule has 13 N–H and O–H groups in total. The summed E-state index contributed by atoms with van der Waals surface area (Å²) in [5.41, 5.74) is 17.2. The van der Waals surface area contributed by atoms with Crippen LogP contribution in [0.25, 0.3) is 0 Å². The van der Waals surface area contributed by atoms with E-state index in [-0.39, 0.29) is 37.7 Å². The Bertz CT molecular complexity index is 872. The predicted octanol–water partition coefficient (Wildman–Crippen LogP) is -1.49. The number of amides is 2. The summed E-state index contributed by atoms with van der Waals surface area (Å²) in [4.78, 5) is 37.1. The summed E-state index contributed by atoms with van der Waals surface area (Å²) in [5, 5.41) is 34.2. The van der Waals surface area contributed by atoms with Crippen molar-refractivity contribution in [1.29, 1.82) is 10.8 Å². The molecule has 194 valence electrons. The van der Waals surface area contributed by atoms with Crippen molar-refractivity contribution < 1.29 is 19.5 Å². The van der Waals surface area contributed by atoms with Crippen LogP contribution in [-0.2, 0) is 20.8 Å². The highest BCUT2D eigenvalue weighted by atomic mass is 79.9. The van der Waals surface area contributed by atoms with Crippen molar-refractivity contribution in [2.75, 3.05) is 13.1 Å². The first kappa shape index (κ1) is 29.6. The zero-order valence-corrected chi connectivity index (χ0v) is 20.8. The number of nitrogens with two attached hydrogens (primary N) is 3. The smallest absolute Gasteiger partial charge is 0.326 e. The number of carbonyl (C=O) groups excluding carboxylic acids is 2. The largest absolute Gasteiger partial charge is 0.480 e. The van der Waals surface area contributed by atoms with Crippen LogP contribution in [0.4, 0.5) is 0 Å². The third kappa shape index (κ3) is 12.6. The van der Waals surface area contributed by atoms with Crippen LogP contribution in [0.15, 0.2) is 30.3 Å². The number of nitrogens with one attached hydrogen (secondary N) is 6. The van der Waals surface area contributed by atoms with Gasteiger partial charge in [0.25, 0.3) is 0 Å². The second kappa shape index (κ2) is 15.5. The molecule has 13 nitrogen and oxygen atoms in total. The van der Waals surface area contributed by atoms with Gasteiger partial charge in [-0.3, -0.25) is 20.4 Å². The van der Waals surface area contributed by atoms with Gasteiger partial charge in [0.1, 0.15) is 12.1 Å². The Kier molecular flexibility index (Phi) is 13.1. The topological polar surface area (TPSA) is 245 Å². The molecule has 35 heavy (non-hydrogen) atoms. The Morgan fingerprint density at radius 2 is 1.57 bits per heavy atom. The molecule has 2 amide bonds. The molecule has 1 unspecified atom stereocenters. The maximum absolute atomic E-state index is 13.0. The Labute approximate surface area is 212 Å². The summed E-state index contributed by atoms with van der Waals surface area (Å²) < 4.78 is 0. The molecule has 0 saturated carbocycles. The van der Waals surface area contributed by atoms with E-state index in [9.17, 15) is 19.5 Å². The maximum Gasteiger partial charge on any atom is 0.326 e. The number of aliphatic carboxylic acids is 1. The zero-order chi connectivity index (χ0) is 26.4. The molecule has 1 rings (SSSR count). The fourth-order valence-corrected chi connectivity index (χ4v) is 3.60. The maximum atomic E-state index is 13.0. The first-order valence-electron chi connectivity index (χ1n) is 10.9. The number of alkyl halides is 1. The first-order chi connectivity index (χ1) is 16.5. The van der Waals surface area contributed by atoms with Gasteiger partial charge in [0, 0.05) is 24.3 Å². The minimum absolute atomic E-state index is 0.00994. The number of benzene rings is 1. The van der Waals surface area contributed by atoms with Crippen LogP contribution in [0.2, 0.25) is 0 Å². The third-order valence-corrected chi connectivity index (χ3v) is 5.58. The van der Waals surface area contributed by atoms with Crippen molar-refractivity contribution in [2.45, 2.75) is 48.6 Å². The summed E-state index contributed by atoms with van der Waals surface area (Å²) >= 11 is 3.31. The quantitative estimate of drug-likeness (QED) is 0.0522. The van der Waals surface area contributed by atoms with Crippen molar-refractivity contribution in [3.63, 3.8) is 0 Å². The molecule has 1 aromatic carbocycles. The number of hydrogen-bond donors (Lipinski definition) is 10. The lowest BCUT2D eigenvalue weighted by Crippen LogP contribution is -2.55. The van der Waals surface area contributed by atoms with E-state index in [1.807, 2.05) is 6.07 Å². The molecule has 0 spiro atoms. The molecular weight excluding hydrogens is 522 g/mol. The minimum atomic E-state index is -1.25. The van der Waals surface area contributed by atoms with Gasteiger partial charge < -0.3 is 43.6 Å². The van der Waals surface area contributed by atoms with Gasteiger partial charge in [-0.1, -0.05) is 46.3 Å². The third-order valence-electron chi connectivity index (χ3n) is 4.88. The molecule has 1 aromatic rings. The van der Waals surface area contributed by atoms with Crippen LogP contribution < -0.4 is 38.5 Å². The fraction of sp³-hybridized carbons (Fsp3) is 0.476. The number of halogens is 1. The van der Waals surface area contributed by atoms with Crippen LogP contribution in [0.1, 0.15) is 24.8 Å². The highest BCUT2D eigenvalue weighted by molar-refractivity contribution is 9.09. The number of rotatable bonds is 15. The highest BCUT2D eigenvalue weighted by Crippen LogP contribution is 2.10. The molecule has 0 heterocycles. The molecule has 0 aliphatic rings. The van der Waals surface area contributed by atoms with Gasteiger partial charge in [0.15, 0.2) is 11.9 Å². The van der Waals surface area contributed by atoms with E-state index in [0.717, 1.165) is 5.56 Å². The molecule has 0 radical (unpaired) electrons. The summed E-state index contributed by atoms with van der Waals surface area (Å²) in [6, 6.07) is 5.75. The molecule has 0 aromatic heterocycles. The fourth-order valence-electron chi connectivity index (χ4n) is 3.07. The number of carboxylic acid groups (broad SMARTS) is 1. The van der Waals surface area contributed by atoms with Gasteiger partial charge in [0.05, 0.1) is 6.04 Å². The molecule has 4 atom stereocenters. The normalized spacial score (nSPS) is 14.0. The molecule has 0 saturated heterocycles. The molecule has 0 aliphatic carbocycles. The van der Waals surface area contributed by atoms with Gasteiger partial charge in [-0.25, -0.2) is 4.79 Å². The number of hydrogen-bond acceptors (Lipinski definition) is 6. The lowest BCUT2D eigenvalue weighted by molar-refractivity contribution is -0.142. The van der Waals surface area contributed by atoms with Crippen LogP contribution >= 0.6 is 15.9 Å². The van der Waals surface area contributed by atoms with Crippen molar-refractivity contribution >= 4 is 45.6 Å². The average molecular weight is 556 g/mol. The number of carboxylic acids is 1. The summed E-state index contributed by atoms with van der Waals surface area (Å²) in [6.45, 7) is 0.559. The predicted molar refractivity (Wildman–Crippen MR) is 136 cm³/mol. The van der Waals surface area contributed by atoms with Crippen LogP contribution in [0, 0.1) is 10.8 Å². The van der Waals surface area contributed by atoms with E-state index >= 15 is 0 Å². The van der Waals surface area contributed by atoms with E-state index in [1.54, 1.807) is 24.3 Å². The second-order valence-corrected chi connectivity index (χ2v) is 9.16. The Hall–Kier alpha value is -3.39. The van der Waals surface area contributed by atoms with Gasteiger partial charge in [-0.2, -0.15) is 0 Å². The Morgan fingerprint density at radius 1 is 0.971 bits per heavy atom. The first-order valence-corrected chi connectivity index (χ1v) is 11.8. The molecular formula is C21H34BrN9O4.